The molecule has 0 aromatic heterocycles. The normalized spacial score (nSPS) is 14.9. The molecule has 0 aromatic carbocycles. The molecule has 0 fully saturated rings. The minimum atomic E-state index is -4.05. The second kappa shape index (κ2) is 22.2. The van der Waals surface area contributed by atoms with E-state index < -0.39 is 7.82 Å². The van der Waals surface area contributed by atoms with E-state index in [1.54, 1.807) is 7.11 Å². The van der Waals surface area contributed by atoms with E-state index in [0.717, 1.165) is 6.42 Å². The number of likely N-dealkylation sites (N-methyl/N-ethyl adjacent to an activating group) is 1. The van der Waals surface area contributed by atoms with Crippen molar-refractivity contribution in [1.82, 2.24) is 0 Å². The number of quaternary nitrogens is 1. The van der Waals surface area contributed by atoms with Crippen LogP contribution in [0.1, 0.15) is 96.8 Å². The van der Waals surface area contributed by atoms with Gasteiger partial charge in [-0.05, 0) is 6.42 Å². The van der Waals surface area contributed by atoms with Gasteiger partial charge in [0.25, 0.3) is 0 Å². The Morgan fingerprint density at radius 2 is 1.21 bits per heavy atom. The zero-order chi connectivity index (χ0) is 25.5. The molecule has 0 rings (SSSR count). The van der Waals surface area contributed by atoms with Crippen molar-refractivity contribution >= 4 is 7.82 Å². The first-order chi connectivity index (χ1) is 16.2. The van der Waals surface area contributed by atoms with Crippen LogP contribution in [0.4, 0.5) is 0 Å². The van der Waals surface area contributed by atoms with Gasteiger partial charge < -0.3 is 18.9 Å². The highest BCUT2D eigenvalue weighted by Gasteiger charge is 2.24. The second-order valence-corrected chi connectivity index (χ2v) is 12.1. The highest BCUT2D eigenvalue weighted by molar-refractivity contribution is 7.47. The van der Waals surface area contributed by atoms with Crippen LogP contribution in [0.15, 0.2) is 0 Å². The third-order valence-electron chi connectivity index (χ3n) is 5.89. The van der Waals surface area contributed by atoms with Gasteiger partial charge in [-0.1, -0.05) is 90.4 Å². The Balaban J connectivity index is 3.65. The zero-order valence-corrected chi connectivity index (χ0v) is 24.0. The first-order valence-electron chi connectivity index (χ1n) is 13.7. The molecule has 0 bridgehead atoms. The summed E-state index contributed by atoms with van der Waals surface area (Å²) in [5.41, 5.74) is 0. The molecule has 0 heterocycles. The van der Waals surface area contributed by atoms with E-state index in [0.29, 0.717) is 30.8 Å². The van der Waals surface area contributed by atoms with Crippen molar-refractivity contribution in [3.63, 3.8) is 0 Å². The quantitative estimate of drug-likeness (QED) is 0.0804. The van der Waals surface area contributed by atoms with Gasteiger partial charge in [-0.25, -0.2) is 4.57 Å². The molecule has 2 atom stereocenters. The Kier molecular flexibility index (Phi) is 22.2. The fourth-order valence-electron chi connectivity index (χ4n) is 3.70. The van der Waals surface area contributed by atoms with Gasteiger partial charge in [0, 0.05) is 19.6 Å². The van der Waals surface area contributed by atoms with Crippen LogP contribution in [-0.4, -0.2) is 77.2 Å². The molecule has 0 aliphatic rings. The fraction of sp³-hybridized carbons (Fsp3) is 1.00. The lowest BCUT2D eigenvalue weighted by atomic mass is 10.0. The van der Waals surface area contributed by atoms with Gasteiger partial charge in [0.05, 0.1) is 41.0 Å². The molecule has 1 N–H and O–H groups in total. The number of ether oxygens (including phenoxy) is 2. The summed E-state index contributed by atoms with van der Waals surface area (Å²) >= 11 is 0. The average Bonchev–Trinajstić information content (AvgIpc) is 2.76. The van der Waals surface area contributed by atoms with Crippen LogP contribution >= 0.6 is 7.82 Å². The molecular formula is C26H57NO6P+. The molecule has 1 unspecified atom stereocenters. The number of phosphoric ester groups is 1. The van der Waals surface area contributed by atoms with Crippen LogP contribution in [0.3, 0.4) is 0 Å². The molecule has 0 radical (unpaired) electrons. The molecule has 0 aromatic rings. The summed E-state index contributed by atoms with van der Waals surface area (Å²) in [6.07, 6.45) is 18.7. The number of nitrogens with zero attached hydrogens (tertiary/aromatic N) is 1. The van der Waals surface area contributed by atoms with Crippen molar-refractivity contribution in [2.24, 2.45) is 5.92 Å². The minimum Gasteiger partial charge on any atom is -0.384 e. The third-order valence-corrected chi connectivity index (χ3v) is 6.87. The third kappa shape index (κ3) is 25.1. The standard InChI is InChI=1S/C26H56NO6P/c1-6-7-8-9-10-11-12-13-14-15-16-17-18-19-21-31-24-26(23-30-5)25-33-34(28,29)32-22-20-27(2,3)4/h26H,6-25H2,1-5H3/p+1/t26-/m0/s1. The van der Waals surface area contributed by atoms with Crippen LogP contribution < -0.4 is 0 Å². The molecule has 8 heteroatoms. The van der Waals surface area contributed by atoms with Crippen LogP contribution in [-0.2, 0) is 23.1 Å². The molecule has 34 heavy (non-hydrogen) atoms. The Morgan fingerprint density at radius 1 is 0.706 bits per heavy atom. The maximum Gasteiger partial charge on any atom is 0.472 e. The SMILES string of the molecule is CCCCCCCCCCCCCCCCOC[C@H](COC)COP(=O)(O)OCC[N+](C)(C)C. The van der Waals surface area contributed by atoms with E-state index in [2.05, 4.69) is 6.92 Å². The van der Waals surface area contributed by atoms with Crippen molar-refractivity contribution in [2.45, 2.75) is 96.8 Å². The summed E-state index contributed by atoms with van der Waals surface area (Å²) in [6.45, 7) is 4.70. The van der Waals surface area contributed by atoms with Crippen molar-refractivity contribution in [3.05, 3.63) is 0 Å². The van der Waals surface area contributed by atoms with E-state index in [9.17, 15) is 9.46 Å². The predicted octanol–water partition coefficient (Wildman–Crippen LogP) is 6.59. The van der Waals surface area contributed by atoms with Gasteiger partial charge in [0.2, 0.25) is 0 Å². The molecule has 7 nitrogen and oxygen atoms in total. The zero-order valence-electron chi connectivity index (χ0n) is 23.1. The summed E-state index contributed by atoms with van der Waals surface area (Å²) in [6, 6.07) is 0. The fourth-order valence-corrected chi connectivity index (χ4v) is 4.48. The van der Waals surface area contributed by atoms with Gasteiger partial charge >= 0.3 is 7.82 Å². The molecule has 0 aliphatic carbocycles. The van der Waals surface area contributed by atoms with Gasteiger partial charge in [-0.15, -0.1) is 0 Å². The average molecular weight is 511 g/mol. The maximum atomic E-state index is 12.1. The lowest BCUT2D eigenvalue weighted by Crippen LogP contribution is -2.37. The highest BCUT2D eigenvalue weighted by atomic mass is 31.2. The summed E-state index contributed by atoms with van der Waals surface area (Å²) in [5.74, 6) is -0.0980. The summed E-state index contributed by atoms with van der Waals surface area (Å²) < 4.78 is 33.9. The molecule has 0 spiro atoms. The van der Waals surface area contributed by atoms with E-state index in [-0.39, 0.29) is 19.1 Å². The number of hydrogen-bond acceptors (Lipinski definition) is 5. The van der Waals surface area contributed by atoms with Crippen molar-refractivity contribution in [3.8, 4) is 0 Å². The lowest BCUT2D eigenvalue weighted by Gasteiger charge is -2.24. The molecule has 0 amide bonds. The minimum absolute atomic E-state index is 0.0741. The lowest BCUT2D eigenvalue weighted by molar-refractivity contribution is -0.870. The Labute approximate surface area is 211 Å². The van der Waals surface area contributed by atoms with Crippen LogP contribution in [0.25, 0.3) is 0 Å². The van der Waals surface area contributed by atoms with Crippen molar-refractivity contribution < 1.29 is 32.5 Å². The number of rotatable bonds is 26. The summed E-state index contributed by atoms with van der Waals surface area (Å²) in [4.78, 5) is 9.86. The van der Waals surface area contributed by atoms with Gasteiger partial charge in [0.15, 0.2) is 0 Å². The van der Waals surface area contributed by atoms with E-state index in [1.165, 1.54) is 83.5 Å². The Hall–Kier alpha value is -0.0100. The first-order valence-corrected chi connectivity index (χ1v) is 15.2. The Morgan fingerprint density at radius 3 is 1.68 bits per heavy atom. The number of phosphoric acid groups is 1. The largest absolute Gasteiger partial charge is 0.472 e. The number of unbranched alkanes of at least 4 members (excludes halogenated alkanes) is 13. The number of methoxy groups -OCH3 is 1. The highest BCUT2D eigenvalue weighted by Crippen LogP contribution is 2.43. The van der Waals surface area contributed by atoms with Gasteiger partial charge in [-0.3, -0.25) is 9.05 Å². The van der Waals surface area contributed by atoms with Crippen LogP contribution in [0.5, 0.6) is 0 Å². The van der Waals surface area contributed by atoms with Crippen molar-refractivity contribution in [2.75, 3.05) is 67.8 Å². The van der Waals surface area contributed by atoms with Gasteiger partial charge in [0.1, 0.15) is 13.2 Å². The predicted molar refractivity (Wildman–Crippen MR) is 141 cm³/mol. The van der Waals surface area contributed by atoms with Gasteiger partial charge in [-0.2, -0.15) is 0 Å². The van der Waals surface area contributed by atoms with E-state index in [1.807, 2.05) is 21.1 Å². The second-order valence-electron chi connectivity index (χ2n) is 10.6. The summed E-state index contributed by atoms with van der Waals surface area (Å²) in [5, 5.41) is 0. The smallest absolute Gasteiger partial charge is 0.384 e. The molecule has 0 saturated carbocycles. The van der Waals surface area contributed by atoms with E-state index >= 15 is 0 Å². The monoisotopic (exact) mass is 510 g/mol. The van der Waals surface area contributed by atoms with Crippen LogP contribution in [0, 0.1) is 5.92 Å². The molecule has 0 saturated heterocycles. The molecule has 206 valence electrons. The van der Waals surface area contributed by atoms with Crippen molar-refractivity contribution in [1.29, 1.82) is 0 Å². The van der Waals surface area contributed by atoms with E-state index in [4.69, 9.17) is 18.5 Å². The Bertz CT molecular complexity index is 486. The number of hydrogen-bond donors (Lipinski definition) is 1. The molecule has 0 aliphatic heterocycles. The van der Waals surface area contributed by atoms with Crippen LogP contribution in [0.2, 0.25) is 0 Å². The maximum absolute atomic E-state index is 12.1. The topological polar surface area (TPSA) is 74.2 Å². The summed E-state index contributed by atoms with van der Waals surface area (Å²) in [7, 11) is 3.54. The first kappa shape index (κ1) is 34.0. The molecular weight excluding hydrogens is 453 g/mol.